The van der Waals surface area contributed by atoms with Crippen LogP contribution in [-0.2, 0) is 17.4 Å². The van der Waals surface area contributed by atoms with Crippen LogP contribution >= 0.6 is 11.3 Å². The molecule has 0 saturated heterocycles. The first-order valence-electron chi connectivity index (χ1n) is 9.91. The van der Waals surface area contributed by atoms with Crippen LogP contribution in [0.15, 0.2) is 65.6 Å². The number of rotatable bonds is 10. The molecule has 1 heterocycles. The number of nitrogens with one attached hydrogen (secondary N) is 2. The predicted molar refractivity (Wildman–Crippen MR) is 125 cm³/mol. The highest BCUT2D eigenvalue weighted by Gasteiger charge is 2.30. The van der Waals surface area contributed by atoms with Gasteiger partial charge in [-0.25, -0.2) is 10.4 Å². The van der Waals surface area contributed by atoms with E-state index < -0.39 is 17.6 Å². The molecule has 0 unspecified atom stereocenters. The normalized spacial score (nSPS) is 11.3. The average molecular weight is 491 g/mol. The van der Waals surface area contributed by atoms with Gasteiger partial charge >= 0.3 is 6.18 Å². The largest absolute Gasteiger partial charge is 0.493 e. The van der Waals surface area contributed by atoms with E-state index in [-0.39, 0.29) is 12.1 Å². The van der Waals surface area contributed by atoms with Gasteiger partial charge in [0, 0.05) is 11.1 Å². The molecular formula is C23H21F3N4O3S. The van der Waals surface area contributed by atoms with Gasteiger partial charge in [0.05, 0.1) is 31.0 Å². The number of hydrazone groups is 1. The molecule has 0 fully saturated rings. The lowest BCUT2D eigenvalue weighted by atomic mass is 10.2. The van der Waals surface area contributed by atoms with E-state index in [1.165, 1.54) is 36.8 Å². The van der Waals surface area contributed by atoms with Gasteiger partial charge in [0.2, 0.25) is 5.91 Å². The second-order valence-corrected chi connectivity index (χ2v) is 7.69. The first-order valence-corrected chi connectivity index (χ1v) is 10.8. The van der Waals surface area contributed by atoms with E-state index in [4.69, 9.17) is 9.47 Å². The van der Waals surface area contributed by atoms with Crippen LogP contribution in [0.5, 0.6) is 11.5 Å². The van der Waals surface area contributed by atoms with Crippen LogP contribution in [-0.4, -0.2) is 30.8 Å². The number of ether oxygens (including phenoxy) is 2. The number of carbonyl (C=O) groups is 1. The van der Waals surface area contributed by atoms with Crippen molar-refractivity contribution >= 4 is 34.3 Å². The van der Waals surface area contributed by atoms with Gasteiger partial charge in [-0.15, -0.1) is 11.3 Å². The first kappa shape index (κ1) is 24.8. The molecule has 7 nitrogen and oxygen atoms in total. The van der Waals surface area contributed by atoms with Crippen molar-refractivity contribution in [3.8, 4) is 11.5 Å². The molecule has 0 aliphatic carbocycles. The van der Waals surface area contributed by atoms with E-state index in [1.807, 2.05) is 0 Å². The molecule has 0 saturated carbocycles. The molecule has 2 aromatic carbocycles. The Kier molecular flexibility index (Phi) is 8.25. The SMILES string of the molecule is C=CCOc1ccc(/C=N/NC(=O)Cc2csc(Nc3cccc(C(F)(F)F)c3)n2)cc1OC. The van der Waals surface area contributed by atoms with Gasteiger partial charge in [-0.3, -0.25) is 4.79 Å². The molecule has 178 valence electrons. The standard InChI is InChI=1S/C23H21F3N4O3S/c1-3-9-33-19-8-7-15(10-20(19)32-2)13-27-30-21(31)12-18-14-34-22(29-18)28-17-6-4-5-16(11-17)23(24,25)26/h3-8,10-11,13-14H,1,9,12H2,2H3,(H,28,29)(H,30,31)/b27-13+. The Bertz CT molecular complexity index is 1180. The number of alkyl halides is 3. The van der Waals surface area contributed by atoms with Gasteiger partial charge in [-0.1, -0.05) is 18.7 Å². The molecule has 0 aliphatic heterocycles. The van der Waals surface area contributed by atoms with Crippen LogP contribution in [0.2, 0.25) is 0 Å². The lowest BCUT2D eigenvalue weighted by molar-refractivity contribution is -0.137. The Balaban J connectivity index is 1.54. The predicted octanol–water partition coefficient (Wildman–Crippen LogP) is 5.17. The minimum atomic E-state index is -4.43. The Morgan fingerprint density at radius 2 is 2.06 bits per heavy atom. The first-order chi connectivity index (χ1) is 16.3. The summed E-state index contributed by atoms with van der Waals surface area (Å²) in [7, 11) is 1.52. The Hall–Kier alpha value is -3.86. The summed E-state index contributed by atoms with van der Waals surface area (Å²) in [5.74, 6) is 0.673. The molecular weight excluding hydrogens is 469 g/mol. The summed E-state index contributed by atoms with van der Waals surface area (Å²) in [4.78, 5) is 16.4. The van der Waals surface area contributed by atoms with E-state index in [0.717, 1.165) is 12.1 Å². The summed E-state index contributed by atoms with van der Waals surface area (Å²) in [6, 6.07) is 9.98. The fourth-order valence-corrected chi connectivity index (χ4v) is 3.49. The minimum Gasteiger partial charge on any atom is -0.493 e. The van der Waals surface area contributed by atoms with Gasteiger partial charge in [0.1, 0.15) is 6.61 Å². The molecule has 0 bridgehead atoms. The number of benzene rings is 2. The van der Waals surface area contributed by atoms with Crippen molar-refractivity contribution in [2.24, 2.45) is 5.10 Å². The third-order valence-electron chi connectivity index (χ3n) is 4.28. The van der Waals surface area contributed by atoms with Crippen LogP contribution in [0.3, 0.4) is 0 Å². The van der Waals surface area contributed by atoms with E-state index in [2.05, 4.69) is 27.4 Å². The fraction of sp³-hybridized carbons (Fsp3) is 0.174. The van der Waals surface area contributed by atoms with Crippen molar-refractivity contribution in [1.29, 1.82) is 0 Å². The summed E-state index contributed by atoms with van der Waals surface area (Å²) in [6.07, 6.45) is -1.40. The highest BCUT2D eigenvalue weighted by Crippen LogP contribution is 2.32. The second-order valence-electron chi connectivity index (χ2n) is 6.83. The number of methoxy groups -OCH3 is 1. The van der Waals surface area contributed by atoms with Gasteiger partial charge in [0.15, 0.2) is 16.6 Å². The third-order valence-corrected chi connectivity index (χ3v) is 5.09. The number of amides is 1. The summed E-state index contributed by atoms with van der Waals surface area (Å²) >= 11 is 1.18. The number of nitrogens with zero attached hydrogens (tertiary/aromatic N) is 2. The van der Waals surface area contributed by atoms with E-state index in [0.29, 0.717) is 34.5 Å². The minimum absolute atomic E-state index is 0.0459. The zero-order chi connectivity index (χ0) is 24.6. The molecule has 2 N–H and O–H groups in total. The average Bonchev–Trinajstić information content (AvgIpc) is 3.24. The van der Waals surface area contributed by atoms with Crippen molar-refractivity contribution in [1.82, 2.24) is 10.4 Å². The van der Waals surface area contributed by atoms with Crippen LogP contribution in [0.4, 0.5) is 24.0 Å². The van der Waals surface area contributed by atoms with Gasteiger partial charge < -0.3 is 14.8 Å². The lowest BCUT2D eigenvalue weighted by Crippen LogP contribution is -2.19. The number of hydrogen-bond donors (Lipinski definition) is 2. The molecule has 0 atom stereocenters. The fourth-order valence-electron chi connectivity index (χ4n) is 2.76. The Morgan fingerprint density at radius 3 is 2.79 bits per heavy atom. The van der Waals surface area contributed by atoms with Crippen LogP contribution in [0, 0.1) is 0 Å². The number of hydrogen-bond acceptors (Lipinski definition) is 7. The second kappa shape index (κ2) is 11.3. The summed E-state index contributed by atoms with van der Waals surface area (Å²) in [5.41, 5.74) is 3.04. The molecule has 11 heteroatoms. The molecule has 0 aliphatic rings. The maximum absolute atomic E-state index is 12.9. The highest BCUT2D eigenvalue weighted by atomic mass is 32.1. The van der Waals surface area contributed by atoms with E-state index >= 15 is 0 Å². The Labute approximate surface area is 197 Å². The zero-order valence-corrected chi connectivity index (χ0v) is 18.9. The molecule has 1 aromatic heterocycles. The van der Waals surface area contributed by atoms with Crippen LogP contribution in [0.25, 0.3) is 0 Å². The maximum atomic E-state index is 12.9. The van der Waals surface area contributed by atoms with Crippen molar-refractivity contribution in [3.63, 3.8) is 0 Å². The number of thiazole rings is 1. The van der Waals surface area contributed by atoms with Crippen molar-refractivity contribution in [3.05, 3.63) is 77.3 Å². The molecule has 34 heavy (non-hydrogen) atoms. The zero-order valence-electron chi connectivity index (χ0n) is 18.1. The van der Waals surface area contributed by atoms with E-state index in [1.54, 1.807) is 29.7 Å². The Morgan fingerprint density at radius 1 is 1.24 bits per heavy atom. The van der Waals surface area contributed by atoms with Crippen molar-refractivity contribution in [2.75, 3.05) is 19.0 Å². The van der Waals surface area contributed by atoms with Crippen molar-refractivity contribution < 1.29 is 27.4 Å². The van der Waals surface area contributed by atoms with Gasteiger partial charge in [-0.2, -0.15) is 18.3 Å². The highest BCUT2D eigenvalue weighted by molar-refractivity contribution is 7.13. The molecule has 0 radical (unpaired) electrons. The summed E-state index contributed by atoms with van der Waals surface area (Å²) in [5, 5.41) is 8.77. The monoisotopic (exact) mass is 490 g/mol. The topological polar surface area (TPSA) is 84.8 Å². The van der Waals surface area contributed by atoms with Crippen LogP contribution in [0.1, 0.15) is 16.8 Å². The number of anilines is 2. The van der Waals surface area contributed by atoms with E-state index in [9.17, 15) is 18.0 Å². The van der Waals surface area contributed by atoms with Gasteiger partial charge in [0.25, 0.3) is 0 Å². The number of aromatic nitrogens is 1. The number of carbonyl (C=O) groups excluding carboxylic acids is 1. The quantitative estimate of drug-likeness (QED) is 0.233. The van der Waals surface area contributed by atoms with Crippen LogP contribution < -0.4 is 20.2 Å². The number of halogens is 3. The maximum Gasteiger partial charge on any atom is 0.416 e. The molecule has 1 amide bonds. The summed E-state index contributed by atoms with van der Waals surface area (Å²) in [6.45, 7) is 3.94. The molecule has 0 spiro atoms. The molecule has 3 rings (SSSR count). The summed E-state index contributed by atoms with van der Waals surface area (Å²) < 4.78 is 49.3. The lowest BCUT2D eigenvalue weighted by Gasteiger charge is -2.09. The van der Waals surface area contributed by atoms with Crippen molar-refractivity contribution in [2.45, 2.75) is 12.6 Å². The third kappa shape index (κ3) is 7.07. The van der Waals surface area contributed by atoms with Gasteiger partial charge in [-0.05, 0) is 42.0 Å². The smallest absolute Gasteiger partial charge is 0.416 e. The molecule has 3 aromatic rings.